The number of β-amino-alcohol motifs (C(OH)–C–C–N with tert-alkyl or cyclic N) is 1. The maximum atomic E-state index is 12.2. The fourth-order valence-electron chi connectivity index (χ4n) is 3.11. The summed E-state index contributed by atoms with van der Waals surface area (Å²) in [7, 11) is 0. The lowest BCUT2D eigenvalue weighted by molar-refractivity contribution is -0.107. The molecule has 3 heterocycles. The van der Waals surface area contributed by atoms with Gasteiger partial charge < -0.3 is 10.1 Å². The quantitative estimate of drug-likeness (QED) is 0.906. The van der Waals surface area contributed by atoms with Crippen LogP contribution in [0.5, 0.6) is 0 Å². The number of H-pyrrole nitrogens is 1. The number of aliphatic hydroxyl groups is 1. The molecule has 1 saturated heterocycles. The summed E-state index contributed by atoms with van der Waals surface area (Å²) in [6.07, 6.45) is 1.81. The van der Waals surface area contributed by atoms with Gasteiger partial charge in [-0.1, -0.05) is 13.3 Å². The fraction of sp³-hybridized carbons (Fsp3) is 0.600. The first-order valence-corrected chi connectivity index (χ1v) is 8.17. The Morgan fingerprint density at radius 3 is 2.81 bits per heavy atom. The van der Waals surface area contributed by atoms with Crippen LogP contribution in [-0.2, 0) is 6.54 Å². The Bertz CT molecular complexity index is 728. The van der Waals surface area contributed by atoms with Crippen LogP contribution < -0.4 is 5.56 Å². The van der Waals surface area contributed by atoms with E-state index in [9.17, 15) is 9.90 Å². The van der Waals surface area contributed by atoms with Crippen LogP contribution in [0.15, 0.2) is 4.79 Å². The molecule has 0 aromatic carbocycles. The minimum atomic E-state index is -0.546. The third-order valence-corrected chi connectivity index (χ3v) is 5.31. The molecule has 3 rings (SSSR count). The van der Waals surface area contributed by atoms with Crippen LogP contribution in [0.4, 0.5) is 0 Å². The van der Waals surface area contributed by atoms with Gasteiger partial charge in [-0.15, -0.1) is 11.3 Å². The summed E-state index contributed by atoms with van der Waals surface area (Å²) in [5, 5.41) is 10.9. The van der Waals surface area contributed by atoms with E-state index in [2.05, 4.69) is 21.8 Å². The average Bonchev–Trinajstić information content (AvgIpc) is 2.63. The van der Waals surface area contributed by atoms with E-state index in [1.54, 1.807) is 11.3 Å². The van der Waals surface area contributed by atoms with Crippen molar-refractivity contribution in [3.05, 3.63) is 26.6 Å². The van der Waals surface area contributed by atoms with Gasteiger partial charge in [-0.3, -0.25) is 9.69 Å². The first-order valence-electron chi connectivity index (χ1n) is 7.35. The number of aromatic amines is 1. The lowest BCUT2D eigenvalue weighted by Crippen LogP contribution is -2.61. The molecule has 0 spiro atoms. The summed E-state index contributed by atoms with van der Waals surface area (Å²) in [5.41, 5.74) is 0.424. The standard InChI is InChI=1S/C15H21N3O2S/c1-4-5-15(20)7-18(8-15)6-11-16-13(19)12-9(2)10(3)21-14(12)17-11/h20H,4-8H2,1-3H3,(H,16,17,19). The Hall–Kier alpha value is -1.24. The van der Waals surface area contributed by atoms with Gasteiger partial charge in [0.15, 0.2) is 0 Å². The third kappa shape index (κ3) is 2.63. The van der Waals surface area contributed by atoms with Gasteiger partial charge in [-0.2, -0.15) is 0 Å². The molecule has 1 fully saturated rings. The summed E-state index contributed by atoms with van der Waals surface area (Å²) < 4.78 is 0. The molecule has 2 aromatic heterocycles. The molecule has 0 bridgehead atoms. The van der Waals surface area contributed by atoms with E-state index in [1.165, 1.54) is 0 Å². The molecule has 0 unspecified atom stereocenters. The van der Waals surface area contributed by atoms with Crippen molar-refractivity contribution in [2.45, 2.75) is 45.8 Å². The van der Waals surface area contributed by atoms with Crippen LogP contribution in [0.2, 0.25) is 0 Å². The van der Waals surface area contributed by atoms with Gasteiger partial charge in [0, 0.05) is 18.0 Å². The molecule has 1 aliphatic heterocycles. The first-order chi connectivity index (χ1) is 9.92. The second-order valence-corrected chi connectivity index (χ2v) is 7.30. The number of likely N-dealkylation sites (tertiary alicyclic amines) is 1. The van der Waals surface area contributed by atoms with Crippen molar-refractivity contribution in [1.29, 1.82) is 0 Å². The molecule has 114 valence electrons. The van der Waals surface area contributed by atoms with Gasteiger partial charge in [0.1, 0.15) is 10.7 Å². The highest BCUT2D eigenvalue weighted by Gasteiger charge is 2.40. The maximum Gasteiger partial charge on any atom is 0.259 e. The Balaban J connectivity index is 1.79. The number of hydrogen-bond acceptors (Lipinski definition) is 5. The fourth-order valence-corrected chi connectivity index (χ4v) is 4.16. The van der Waals surface area contributed by atoms with Crippen LogP contribution in [0.25, 0.3) is 10.2 Å². The van der Waals surface area contributed by atoms with E-state index in [4.69, 9.17) is 0 Å². The van der Waals surface area contributed by atoms with E-state index < -0.39 is 5.60 Å². The van der Waals surface area contributed by atoms with E-state index in [0.29, 0.717) is 30.8 Å². The largest absolute Gasteiger partial charge is 0.387 e. The number of fused-ring (bicyclic) bond motifs is 1. The summed E-state index contributed by atoms with van der Waals surface area (Å²) >= 11 is 1.57. The number of nitrogens with one attached hydrogen (secondary N) is 1. The highest BCUT2D eigenvalue weighted by molar-refractivity contribution is 7.18. The number of rotatable bonds is 4. The molecule has 1 aliphatic rings. The molecule has 5 nitrogen and oxygen atoms in total. The van der Waals surface area contributed by atoms with Gasteiger partial charge in [-0.05, 0) is 25.8 Å². The van der Waals surface area contributed by atoms with Crippen LogP contribution in [-0.4, -0.2) is 38.7 Å². The highest BCUT2D eigenvalue weighted by atomic mass is 32.1. The molecule has 0 aliphatic carbocycles. The molecule has 2 N–H and O–H groups in total. The number of aryl methyl sites for hydroxylation is 2. The molecule has 0 atom stereocenters. The molecule has 2 aromatic rings. The molecule has 21 heavy (non-hydrogen) atoms. The van der Waals surface area contributed by atoms with Crippen LogP contribution in [0.3, 0.4) is 0 Å². The number of aromatic nitrogens is 2. The minimum Gasteiger partial charge on any atom is -0.387 e. The van der Waals surface area contributed by atoms with E-state index in [1.807, 2.05) is 13.8 Å². The van der Waals surface area contributed by atoms with Crippen molar-refractivity contribution < 1.29 is 5.11 Å². The van der Waals surface area contributed by atoms with Crippen molar-refractivity contribution >= 4 is 21.6 Å². The van der Waals surface area contributed by atoms with Crippen molar-refractivity contribution in [3.8, 4) is 0 Å². The Kier molecular flexibility index (Phi) is 3.63. The van der Waals surface area contributed by atoms with Crippen LogP contribution in [0.1, 0.15) is 36.0 Å². The van der Waals surface area contributed by atoms with Gasteiger partial charge in [-0.25, -0.2) is 4.98 Å². The predicted molar refractivity (Wildman–Crippen MR) is 84.8 cm³/mol. The van der Waals surface area contributed by atoms with Crippen molar-refractivity contribution in [2.75, 3.05) is 13.1 Å². The highest BCUT2D eigenvalue weighted by Crippen LogP contribution is 2.28. The molecule has 6 heteroatoms. The molecule has 0 radical (unpaired) electrons. The number of thiophene rings is 1. The second-order valence-electron chi connectivity index (χ2n) is 6.10. The topological polar surface area (TPSA) is 69.2 Å². The average molecular weight is 307 g/mol. The predicted octanol–water partition coefficient (Wildman–Crippen LogP) is 1.95. The molecular formula is C15H21N3O2S. The minimum absolute atomic E-state index is 0.0545. The number of hydrogen-bond donors (Lipinski definition) is 2. The summed E-state index contributed by atoms with van der Waals surface area (Å²) in [4.78, 5) is 23.7. The van der Waals surface area contributed by atoms with Crippen molar-refractivity contribution in [2.24, 2.45) is 0 Å². The first kappa shape index (κ1) is 14.7. The Labute approximate surface area is 127 Å². The van der Waals surface area contributed by atoms with Gasteiger partial charge in [0.05, 0.1) is 17.5 Å². The monoisotopic (exact) mass is 307 g/mol. The van der Waals surface area contributed by atoms with E-state index >= 15 is 0 Å². The maximum absolute atomic E-state index is 12.2. The van der Waals surface area contributed by atoms with Crippen molar-refractivity contribution in [1.82, 2.24) is 14.9 Å². The van der Waals surface area contributed by atoms with Crippen molar-refractivity contribution in [3.63, 3.8) is 0 Å². The lowest BCUT2D eigenvalue weighted by Gasteiger charge is -2.46. The molecule has 0 amide bonds. The third-order valence-electron chi connectivity index (χ3n) is 4.21. The second kappa shape index (κ2) is 5.19. The van der Waals surface area contributed by atoms with Crippen LogP contribution in [0, 0.1) is 13.8 Å². The number of nitrogens with zero attached hydrogens (tertiary/aromatic N) is 2. The summed E-state index contributed by atoms with van der Waals surface area (Å²) in [6.45, 7) is 7.96. The summed E-state index contributed by atoms with van der Waals surface area (Å²) in [6, 6.07) is 0. The molecule has 0 saturated carbocycles. The zero-order valence-corrected chi connectivity index (χ0v) is 13.5. The van der Waals surface area contributed by atoms with Gasteiger partial charge in [0.2, 0.25) is 0 Å². The smallest absolute Gasteiger partial charge is 0.259 e. The van der Waals surface area contributed by atoms with E-state index in [0.717, 1.165) is 28.1 Å². The molecular weight excluding hydrogens is 286 g/mol. The summed E-state index contributed by atoms with van der Waals surface area (Å²) in [5.74, 6) is 0.687. The zero-order chi connectivity index (χ0) is 15.2. The lowest BCUT2D eigenvalue weighted by atomic mass is 9.89. The Morgan fingerprint density at radius 1 is 1.43 bits per heavy atom. The zero-order valence-electron chi connectivity index (χ0n) is 12.7. The van der Waals surface area contributed by atoms with Gasteiger partial charge in [0.25, 0.3) is 5.56 Å². The SMILES string of the molecule is CCCC1(O)CN(Cc2nc3sc(C)c(C)c3c(=O)[nH]2)C1. The normalized spacial score (nSPS) is 18.1. The van der Waals surface area contributed by atoms with Gasteiger partial charge >= 0.3 is 0 Å². The Morgan fingerprint density at radius 2 is 2.14 bits per heavy atom. The van der Waals surface area contributed by atoms with Crippen LogP contribution >= 0.6 is 11.3 Å². The van der Waals surface area contributed by atoms with E-state index in [-0.39, 0.29) is 5.56 Å².